The minimum Gasteiger partial charge on any atom is -0.307 e. The van der Waals surface area contributed by atoms with Crippen molar-refractivity contribution in [3.05, 3.63) is 88.3 Å². The molecule has 174 valence electrons. The van der Waals surface area contributed by atoms with Gasteiger partial charge in [-0.25, -0.2) is 9.78 Å². The van der Waals surface area contributed by atoms with E-state index in [0.717, 1.165) is 27.8 Å². The zero-order valence-electron chi connectivity index (χ0n) is 20.2. The van der Waals surface area contributed by atoms with Gasteiger partial charge in [-0.1, -0.05) is 76.2 Å². The molecular weight excluding hydrogens is 424 g/mol. The van der Waals surface area contributed by atoms with Gasteiger partial charge < -0.3 is 10.6 Å². The molecule has 0 unspecified atom stereocenters. The molecule has 2 heterocycles. The second kappa shape index (κ2) is 9.51. The van der Waals surface area contributed by atoms with Crippen LogP contribution in [0.5, 0.6) is 0 Å². The number of amides is 2. The molecule has 6 nitrogen and oxygen atoms in total. The van der Waals surface area contributed by atoms with Crippen molar-refractivity contribution in [1.29, 1.82) is 0 Å². The molecule has 0 saturated heterocycles. The van der Waals surface area contributed by atoms with Gasteiger partial charge in [0.1, 0.15) is 11.3 Å². The Kier molecular flexibility index (Phi) is 6.50. The maximum atomic E-state index is 13.4. The summed E-state index contributed by atoms with van der Waals surface area (Å²) >= 11 is 0. The maximum Gasteiger partial charge on any atom is 0.323 e. The number of hydrogen-bond donors (Lipinski definition) is 2. The Morgan fingerprint density at radius 2 is 1.44 bits per heavy atom. The highest BCUT2D eigenvalue weighted by Gasteiger charge is 2.21. The van der Waals surface area contributed by atoms with Crippen molar-refractivity contribution in [2.45, 2.75) is 39.5 Å². The zero-order valence-corrected chi connectivity index (χ0v) is 20.2. The number of aromatic nitrogens is 2. The molecule has 0 spiro atoms. The number of carbonyl (C=O) groups is 1. The fourth-order valence-electron chi connectivity index (χ4n) is 4.34. The van der Waals surface area contributed by atoms with Crippen molar-refractivity contribution >= 4 is 28.4 Å². The molecule has 2 N–H and O–H groups in total. The van der Waals surface area contributed by atoms with Crippen LogP contribution < -0.4 is 16.2 Å². The van der Waals surface area contributed by atoms with Crippen LogP contribution in [0.3, 0.4) is 0 Å². The number of nitrogens with one attached hydrogen (secondary N) is 2. The van der Waals surface area contributed by atoms with Crippen molar-refractivity contribution in [3.63, 3.8) is 0 Å². The number of fused-ring (bicyclic) bond motifs is 1. The summed E-state index contributed by atoms with van der Waals surface area (Å²) in [5, 5.41) is 6.72. The van der Waals surface area contributed by atoms with Crippen LogP contribution in [-0.4, -0.2) is 15.6 Å². The number of rotatable bonds is 5. The van der Waals surface area contributed by atoms with E-state index in [1.165, 1.54) is 4.57 Å². The Bertz CT molecular complexity index is 1380. The summed E-state index contributed by atoms with van der Waals surface area (Å²) in [5.74, 6) is 0.460. The van der Waals surface area contributed by atoms with Crippen molar-refractivity contribution in [3.8, 4) is 11.1 Å². The first kappa shape index (κ1) is 23.2. The normalized spacial score (nSPS) is 11.3. The smallest absolute Gasteiger partial charge is 0.307 e. The summed E-state index contributed by atoms with van der Waals surface area (Å²) < 4.78 is 1.47. The first-order valence-corrected chi connectivity index (χ1v) is 11.5. The highest BCUT2D eigenvalue weighted by molar-refractivity contribution is 6.07. The van der Waals surface area contributed by atoms with Crippen LogP contribution in [0.15, 0.2) is 71.7 Å². The Hall–Kier alpha value is -3.93. The Balaban J connectivity index is 1.84. The lowest BCUT2D eigenvalue weighted by molar-refractivity contribution is 0.262. The van der Waals surface area contributed by atoms with Gasteiger partial charge in [0.2, 0.25) is 0 Å². The molecule has 34 heavy (non-hydrogen) atoms. The molecule has 0 bridgehead atoms. The number of urea groups is 1. The molecule has 0 atom stereocenters. The molecule has 0 aliphatic heterocycles. The molecule has 2 aromatic heterocycles. The number of hydrogen-bond acceptors (Lipinski definition) is 3. The molecular formula is C28H30N4O2. The number of para-hydroxylation sites is 1. The van der Waals surface area contributed by atoms with Crippen LogP contribution >= 0.6 is 0 Å². The first-order chi connectivity index (χ1) is 16.3. The zero-order chi connectivity index (χ0) is 24.4. The van der Waals surface area contributed by atoms with E-state index in [1.807, 2.05) is 60.7 Å². The van der Waals surface area contributed by atoms with Crippen LogP contribution in [0.2, 0.25) is 0 Å². The topological polar surface area (TPSA) is 76.0 Å². The van der Waals surface area contributed by atoms with Crippen LogP contribution in [-0.2, 0) is 7.05 Å². The predicted octanol–water partition coefficient (Wildman–Crippen LogP) is 6.49. The highest BCUT2D eigenvalue weighted by atomic mass is 16.2. The standard InChI is InChI=1S/C28H30N4O2/c1-17(2)20-13-9-14-21(18(3)4)24(20)30-28(34)31-25-23(19-11-7-6-8-12-19)22-15-10-16-29-26(22)32(5)27(25)33/h6-18H,1-5H3,(H2,30,31,34). The summed E-state index contributed by atoms with van der Waals surface area (Å²) in [6.45, 7) is 8.40. The van der Waals surface area contributed by atoms with Crippen LogP contribution in [0, 0.1) is 0 Å². The molecule has 0 saturated carbocycles. The minimum absolute atomic E-state index is 0.222. The molecule has 6 heteroatoms. The van der Waals surface area contributed by atoms with Gasteiger partial charge >= 0.3 is 6.03 Å². The maximum absolute atomic E-state index is 13.4. The fraction of sp³-hybridized carbons (Fsp3) is 0.250. The van der Waals surface area contributed by atoms with Gasteiger partial charge in [0.25, 0.3) is 5.56 Å². The van der Waals surface area contributed by atoms with E-state index in [9.17, 15) is 9.59 Å². The van der Waals surface area contributed by atoms with E-state index in [1.54, 1.807) is 13.2 Å². The lowest BCUT2D eigenvalue weighted by Gasteiger charge is -2.21. The average Bonchev–Trinajstić information content (AvgIpc) is 2.83. The molecule has 0 fully saturated rings. The van der Waals surface area contributed by atoms with Gasteiger partial charge in [-0.3, -0.25) is 9.36 Å². The first-order valence-electron chi connectivity index (χ1n) is 11.5. The number of aryl methyl sites for hydroxylation is 1. The lowest BCUT2D eigenvalue weighted by atomic mass is 9.93. The third kappa shape index (κ3) is 4.31. The molecule has 2 aromatic carbocycles. The van der Waals surface area contributed by atoms with E-state index in [2.05, 4.69) is 43.3 Å². The second-order valence-electron chi connectivity index (χ2n) is 9.05. The third-order valence-electron chi connectivity index (χ3n) is 6.05. The van der Waals surface area contributed by atoms with Gasteiger partial charge in [0, 0.05) is 29.9 Å². The number of anilines is 2. The van der Waals surface area contributed by atoms with Gasteiger partial charge in [0.15, 0.2) is 0 Å². The van der Waals surface area contributed by atoms with Crippen molar-refractivity contribution in [1.82, 2.24) is 9.55 Å². The quantitative estimate of drug-likeness (QED) is 0.362. The predicted molar refractivity (Wildman–Crippen MR) is 140 cm³/mol. The number of carbonyl (C=O) groups excluding carboxylic acids is 1. The van der Waals surface area contributed by atoms with E-state index >= 15 is 0 Å². The SMILES string of the molecule is CC(C)c1cccc(C(C)C)c1NC(=O)Nc1c(-c2ccccc2)c2cccnc2n(C)c1=O. The van der Waals surface area contributed by atoms with E-state index in [0.29, 0.717) is 11.2 Å². The Labute approximate surface area is 199 Å². The highest BCUT2D eigenvalue weighted by Crippen LogP contribution is 2.34. The molecule has 0 radical (unpaired) electrons. The summed E-state index contributed by atoms with van der Waals surface area (Å²) in [5.41, 5.74) is 4.86. The summed E-state index contributed by atoms with van der Waals surface area (Å²) in [6.07, 6.45) is 1.66. The summed E-state index contributed by atoms with van der Waals surface area (Å²) in [7, 11) is 1.67. The van der Waals surface area contributed by atoms with E-state index in [4.69, 9.17) is 0 Å². The van der Waals surface area contributed by atoms with Crippen molar-refractivity contribution in [2.24, 2.45) is 7.05 Å². The average molecular weight is 455 g/mol. The van der Waals surface area contributed by atoms with Crippen LogP contribution in [0.4, 0.5) is 16.2 Å². The molecule has 4 rings (SSSR count). The van der Waals surface area contributed by atoms with Gasteiger partial charge in [-0.15, -0.1) is 0 Å². The second-order valence-corrected chi connectivity index (χ2v) is 9.05. The minimum atomic E-state index is -0.451. The Morgan fingerprint density at radius 3 is 2.06 bits per heavy atom. The van der Waals surface area contributed by atoms with Crippen LogP contribution in [0.25, 0.3) is 22.2 Å². The lowest BCUT2D eigenvalue weighted by Crippen LogP contribution is -2.29. The van der Waals surface area contributed by atoms with Crippen molar-refractivity contribution in [2.75, 3.05) is 10.6 Å². The number of nitrogens with zero attached hydrogens (tertiary/aromatic N) is 2. The molecule has 0 aliphatic rings. The largest absolute Gasteiger partial charge is 0.323 e. The fourth-order valence-corrected chi connectivity index (χ4v) is 4.34. The number of benzene rings is 2. The summed E-state index contributed by atoms with van der Waals surface area (Å²) in [6, 6.07) is 19.0. The van der Waals surface area contributed by atoms with Crippen molar-refractivity contribution < 1.29 is 4.79 Å². The van der Waals surface area contributed by atoms with E-state index < -0.39 is 6.03 Å². The van der Waals surface area contributed by atoms with Crippen LogP contribution in [0.1, 0.15) is 50.7 Å². The Morgan fingerprint density at radius 1 is 0.824 bits per heavy atom. The molecule has 2 amide bonds. The van der Waals surface area contributed by atoms with E-state index in [-0.39, 0.29) is 23.1 Å². The monoisotopic (exact) mass is 454 g/mol. The molecule has 0 aliphatic carbocycles. The van der Waals surface area contributed by atoms with Gasteiger partial charge in [-0.2, -0.15) is 0 Å². The molecule has 4 aromatic rings. The van der Waals surface area contributed by atoms with Gasteiger partial charge in [0.05, 0.1) is 0 Å². The van der Waals surface area contributed by atoms with Gasteiger partial charge in [-0.05, 0) is 40.7 Å². The third-order valence-corrected chi connectivity index (χ3v) is 6.05. The number of pyridine rings is 2. The summed E-state index contributed by atoms with van der Waals surface area (Å²) in [4.78, 5) is 31.1.